The molecule has 1 aliphatic rings. The first-order valence-electron chi connectivity index (χ1n) is 8.22. The molecule has 3 rings (SSSR count). The molecule has 2 aromatic carbocycles. The molecule has 3 nitrogen and oxygen atoms in total. The third-order valence-corrected chi connectivity index (χ3v) is 4.35. The van der Waals surface area contributed by atoms with Gasteiger partial charge in [0.1, 0.15) is 0 Å². The number of hydrogen-bond donors (Lipinski definition) is 2. The molecule has 0 spiro atoms. The summed E-state index contributed by atoms with van der Waals surface area (Å²) < 4.78 is 38.1. The van der Waals surface area contributed by atoms with Gasteiger partial charge >= 0.3 is 6.18 Å². The molecule has 0 fully saturated rings. The van der Waals surface area contributed by atoms with E-state index in [0.29, 0.717) is 0 Å². The quantitative estimate of drug-likeness (QED) is 0.864. The molecular weight excluding hydrogens is 329 g/mol. The van der Waals surface area contributed by atoms with Gasteiger partial charge in [-0.1, -0.05) is 30.3 Å². The van der Waals surface area contributed by atoms with Crippen molar-refractivity contribution in [3.8, 4) is 0 Å². The van der Waals surface area contributed by atoms with Gasteiger partial charge in [-0.15, -0.1) is 0 Å². The second kappa shape index (κ2) is 7.17. The molecule has 6 heteroatoms. The van der Waals surface area contributed by atoms with Gasteiger partial charge in [-0.2, -0.15) is 13.2 Å². The minimum atomic E-state index is -4.40. The molecule has 0 saturated heterocycles. The Hall–Kier alpha value is -2.50. The van der Waals surface area contributed by atoms with Crippen LogP contribution in [0, 0.1) is 0 Å². The number of hydrogen-bond acceptors (Lipinski definition) is 2. The molecule has 132 valence electrons. The average molecular weight is 348 g/mol. The van der Waals surface area contributed by atoms with Crippen molar-refractivity contribution in [2.24, 2.45) is 0 Å². The molecule has 1 aliphatic carbocycles. The van der Waals surface area contributed by atoms with Gasteiger partial charge in [0.25, 0.3) is 0 Å². The number of anilines is 1. The summed E-state index contributed by atoms with van der Waals surface area (Å²) >= 11 is 0. The Kier molecular flexibility index (Phi) is 4.97. The van der Waals surface area contributed by atoms with Crippen molar-refractivity contribution in [1.29, 1.82) is 0 Å². The van der Waals surface area contributed by atoms with E-state index in [4.69, 9.17) is 0 Å². The number of nitrogens with one attached hydrogen (secondary N) is 2. The Morgan fingerprint density at radius 1 is 1.12 bits per heavy atom. The molecule has 2 aromatic rings. The van der Waals surface area contributed by atoms with Gasteiger partial charge in [-0.25, -0.2) is 0 Å². The van der Waals surface area contributed by atoms with Crippen molar-refractivity contribution in [3.05, 3.63) is 65.2 Å². The molecule has 0 heterocycles. The molecular formula is C19H19F3N2O. The second-order valence-corrected chi connectivity index (χ2v) is 6.14. The predicted octanol–water partition coefficient (Wildman–Crippen LogP) is 4.31. The van der Waals surface area contributed by atoms with E-state index in [2.05, 4.69) is 16.7 Å². The third kappa shape index (κ3) is 4.32. The summed E-state index contributed by atoms with van der Waals surface area (Å²) in [5.74, 6) is -0.237. The number of benzene rings is 2. The summed E-state index contributed by atoms with van der Waals surface area (Å²) in [4.78, 5) is 12.2. The molecule has 25 heavy (non-hydrogen) atoms. The molecule has 0 aliphatic heterocycles. The van der Waals surface area contributed by atoms with Crippen LogP contribution in [-0.4, -0.2) is 12.5 Å². The lowest BCUT2D eigenvalue weighted by atomic mass is 9.88. The summed E-state index contributed by atoms with van der Waals surface area (Å²) in [6.07, 6.45) is -1.52. The minimum absolute atomic E-state index is 0.0410. The summed E-state index contributed by atoms with van der Waals surface area (Å²) in [6, 6.07) is 12.8. The number of carbonyl (C=O) groups is 1. The van der Waals surface area contributed by atoms with E-state index >= 15 is 0 Å². The van der Waals surface area contributed by atoms with Gasteiger partial charge in [0.2, 0.25) is 5.91 Å². The van der Waals surface area contributed by atoms with Crippen molar-refractivity contribution >= 4 is 11.6 Å². The highest BCUT2D eigenvalue weighted by atomic mass is 19.4. The number of aryl methyl sites for hydroxylation is 1. The standard InChI is InChI=1S/C19H19F3N2O/c20-19(21,22)14-7-4-8-15(11-14)23-12-18(25)24-17-10-3-6-13-5-1-2-9-16(13)17/h1-2,4-5,7-9,11,17,23H,3,6,10,12H2,(H,24,25). The first-order chi connectivity index (χ1) is 11.9. The molecule has 2 N–H and O–H groups in total. The van der Waals surface area contributed by atoms with E-state index in [-0.39, 0.29) is 24.2 Å². The molecule has 0 radical (unpaired) electrons. The Morgan fingerprint density at radius 2 is 1.92 bits per heavy atom. The number of halogens is 3. The Labute approximate surface area is 144 Å². The summed E-state index contributed by atoms with van der Waals surface area (Å²) in [5, 5.41) is 5.72. The normalized spacial score (nSPS) is 16.8. The number of amides is 1. The molecule has 1 atom stereocenters. The smallest absolute Gasteiger partial charge is 0.376 e. The Morgan fingerprint density at radius 3 is 2.72 bits per heavy atom. The van der Waals surface area contributed by atoms with Crippen LogP contribution in [0.1, 0.15) is 35.6 Å². The molecule has 0 aromatic heterocycles. The van der Waals surface area contributed by atoms with Crippen LogP contribution in [0.3, 0.4) is 0 Å². The van der Waals surface area contributed by atoms with Gasteiger partial charge < -0.3 is 10.6 Å². The number of alkyl halides is 3. The van der Waals surface area contributed by atoms with Crippen LogP contribution in [0.4, 0.5) is 18.9 Å². The maximum absolute atomic E-state index is 12.7. The van der Waals surface area contributed by atoms with Crippen molar-refractivity contribution in [2.75, 3.05) is 11.9 Å². The van der Waals surface area contributed by atoms with Crippen LogP contribution in [0.25, 0.3) is 0 Å². The fourth-order valence-corrected chi connectivity index (χ4v) is 3.14. The topological polar surface area (TPSA) is 41.1 Å². The van der Waals surface area contributed by atoms with Gasteiger partial charge in [-0.05, 0) is 48.6 Å². The maximum atomic E-state index is 12.7. The minimum Gasteiger partial charge on any atom is -0.376 e. The second-order valence-electron chi connectivity index (χ2n) is 6.14. The average Bonchev–Trinajstić information content (AvgIpc) is 2.60. The lowest BCUT2D eigenvalue weighted by Crippen LogP contribution is -2.35. The highest BCUT2D eigenvalue weighted by Crippen LogP contribution is 2.31. The van der Waals surface area contributed by atoms with Crippen molar-refractivity contribution < 1.29 is 18.0 Å². The van der Waals surface area contributed by atoms with E-state index in [9.17, 15) is 18.0 Å². The van der Waals surface area contributed by atoms with Crippen LogP contribution in [0.2, 0.25) is 0 Å². The summed E-state index contributed by atoms with van der Waals surface area (Å²) in [5.41, 5.74) is 1.90. The van der Waals surface area contributed by atoms with Crippen LogP contribution >= 0.6 is 0 Å². The van der Waals surface area contributed by atoms with E-state index in [1.165, 1.54) is 17.7 Å². The zero-order chi connectivity index (χ0) is 17.9. The summed E-state index contributed by atoms with van der Waals surface area (Å²) in [7, 11) is 0. The number of fused-ring (bicyclic) bond motifs is 1. The van der Waals surface area contributed by atoms with Crippen LogP contribution < -0.4 is 10.6 Å². The van der Waals surface area contributed by atoms with E-state index in [0.717, 1.165) is 37.0 Å². The lowest BCUT2D eigenvalue weighted by Gasteiger charge is -2.26. The highest BCUT2D eigenvalue weighted by molar-refractivity contribution is 5.81. The van der Waals surface area contributed by atoms with E-state index in [1.54, 1.807) is 0 Å². The van der Waals surface area contributed by atoms with E-state index < -0.39 is 11.7 Å². The van der Waals surface area contributed by atoms with Crippen molar-refractivity contribution in [1.82, 2.24) is 5.32 Å². The predicted molar refractivity (Wildman–Crippen MR) is 90.2 cm³/mol. The number of rotatable bonds is 4. The van der Waals surface area contributed by atoms with Crippen molar-refractivity contribution in [3.63, 3.8) is 0 Å². The molecule has 1 unspecified atom stereocenters. The van der Waals surface area contributed by atoms with Crippen LogP contribution in [0.5, 0.6) is 0 Å². The van der Waals surface area contributed by atoms with Gasteiger partial charge in [0.15, 0.2) is 0 Å². The SMILES string of the molecule is O=C(CNc1cccc(C(F)(F)F)c1)NC1CCCc2ccccc21. The van der Waals surface area contributed by atoms with Gasteiger partial charge in [0.05, 0.1) is 18.2 Å². The summed E-state index contributed by atoms with van der Waals surface area (Å²) in [6.45, 7) is -0.0695. The van der Waals surface area contributed by atoms with Crippen molar-refractivity contribution in [2.45, 2.75) is 31.5 Å². The third-order valence-electron chi connectivity index (χ3n) is 4.35. The molecule has 1 amide bonds. The largest absolute Gasteiger partial charge is 0.416 e. The zero-order valence-corrected chi connectivity index (χ0v) is 13.6. The van der Waals surface area contributed by atoms with Crippen LogP contribution in [0.15, 0.2) is 48.5 Å². The Bertz CT molecular complexity index is 758. The molecule has 0 bridgehead atoms. The maximum Gasteiger partial charge on any atom is 0.416 e. The lowest BCUT2D eigenvalue weighted by molar-refractivity contribution is -0.137. The fraction of sp³-hybridized carbons (Fsp3) is 0.316. The zero-order valence-electron chi connectivity index (χ0n) is 13.6. The highest BCUT2D eigenvalue weighted by Gasteiger charge is 2.30. The number of carbonyl (C=O) groups excluding carboxylic acids is 1. The monoisotopic (exact) mass is 348 g/mol. The van der Waals surface area contributed by atoms with Gasteiger partial charge in [0, 0.05) is 5.69 Å². The Balaban J connectivity index is 1.59. The van der Waals surface area contributed by atoms with E-state index in [1.807, 2.05) is 18.2 Å². The fourth-order valence-electron chi connectivity index (χ4n) is 3.14. The first-order valence-corrected chi connectivity index (χ1v) is 8.22. The van der Waals surface area contributed by atoms with Gasteiger partial charge in [-0.3, -0.25) is 4.79 Å². The van der Waals surface area contributed by atoms with Crippen LogP contribution in [-0.2, 0) is 17.4 Å². The molecule has 0 saturated carbocycles. The first kappa shape index (κ1) is 17.3.